The summed E-state index contributed by atoms with van der Waals surface area (Å²) in [7, 11) is 0. The number of nitrogens with two attached hydrogens (primary N) is 1. The molecule has 108 valence electrons. The van der Waals surface area contributed by atoms with E-state index in [2.05, 4.69) is 17.1 Å². The first-order chi connectivity index (χ1) is 9.15. The van der Waals surface area contributed by atoms with E-state index in [1.807, 2.05) is 6.92 Å². The minimum Gasteiger partial charge on any atom is -0.327 e. The summed E-state index contributed by atoms with van der Waals surface area (Å²) in [6, 6.07) is 0.218. The van der Waals surface area contributed by atoms with Crippen LogP contribution in [0.25, 0.3) is 0 Å². The van der Waals surface area contributed by atoms with Crippen molar-refractivity contribution in [1.82, 2.24) is 14.8 Å². The highest BCUT2D eigenvalue weighted by atomic mass is 32.2. The Hall–Kier alpha value is -0.750. The van der Waals surface area contributed by atoms with Gasteiger partial charge in [-0.25, -0.2) is 9.89 Å². The van der Waals surface area contributed by atoms with E-state index in [1.54, 1.807) is 16.3 Å². The van der Waals surface area contributed by atoms with Crippen LogP contribution in [0.5, 0.6) is 0 Å². The minimum atomic E-state index is -0.125. The quantitative estimate of drug-likeness (QED) is 0.867. The molecule has 3 atom stereocenters. The third-order valence-electron chi connectivity index (χ3n) is 3.94. The van der Waals surface area contributed by atoms with E-state index in [0.717, 1.165) is 23.9 Å². The van der Waals surface area contributed by atoms with Gasteiger partial charge in [-0.3, -0.25) is 4.57 Å². The lowest BCUT2D eigenvalue weighted by Gasteiger charge is -2.33. The Kier molecular flexibility index (Phi) is 5.10. The van der Waals surface area contributed by atoms with Gasteiger partial charge in [-0.2, -0.15) is 0 Å². The molecule has 1 aliphatic rings. The molecule has 3 unspecified atom stereocenters. The van der Waals surface area contributed by atoms with Gasteiger partial charge in [-0.15, -0.1) is 5.10 Å². The summed E-state index contributed by atoms with van der Waals surface area (Å²) >= 11 is 1.67. The van der Waals surface area contributed by atoms with Gasteiger partial charge in [-0.1, -0.05) is 31.5 Å². The van der Waals surface area contributed by atoms with Crippen molar-refractivity contribution in [3.05, 3.63) is 10.5 Å². The lowest BCUT2D eigenvalue weighted by Crippen LogP contribution is -2.38. The highest BCUT2D eigenvalue weighted by molar-refractivity contribution is 7.99. The number of nitrogens with one attached hydrogen (secondary N) is 1. The molecule has 1 saturated carbocycles. The number of aromatic nitrogens is 3. The zero-order chi connectivity index (χ0) is 13.8. The van der Waals surface area contributed by atoms with Crippen LogP contribution in [0, 0.1) is 5.92 Å². The summed E-state index contributed by atoms with van der Waals surface area (Å²) in [5.74, 6) is 0.781. The van der Waals surface area contributed by atoms with Crippen molar-refractivity contribution >= 4 is 11.8 Å². The first-order valence-corrected chi connectivity index (χ1v) is 8.11. The summed E-state index contributed by atoms with van der Waals surface area (Å²) < 4.78 is 1.68. The van der Waals surface area contributed by atoms with E-state index in [9.17, 15) is 4.79 Å². The molecule has 1 aliphatic carbocycles. The maximum absolute atomic E-state index is 11.6. The molecular weight excluding hydrogens is 260 g/mol. The summed E-state index contributed by atoms with van der Waals surface area (Å²) in [4.78, 5) is 11.6. The zero-order valence-electron chi connectivity index (χ0n) is 11.8. The van der Waals surface area contributed by atoms with Crippen LogP contribution in [-0.4, -0.2) is 26.1 Å². The second kappa shape index (κ2) is 6.61. The van der Waals surface area contributed by atoms with Crippen LogP contribution in [0.1, 0.15) is 46.0 Å². The van der Waals surface area contributed by atoms with Gasteiger partial charge in [0.2, 0.25) is 0 Å². The number of rotatable bonds is 5. The molecule has 0 spiro atoms. The van der Waals surface area contributed by atoms with Crippen LogP contribution in [0.3, 0.4) is 0 Å². The molecule has 1 fully saturated rings. The summed E-state index contributed by atoms with van der Waals surface area (Å²) in [5, 5.41) is 7.81. The zero-order valence-corrected chi connectivity index (χ0v) is 12.6. The average Bonchev–Trinajstić information content (AvgIpc) is 2.74. The molecule has 0 aliphatic heterocycles. The fraction of sp³-hybridized carbons (Fsp3) is 0.846. The van der Waals surface area contributed by atoms with Gasteiger partial charge < -0.3 is 5.73 Å². The molecule has 0 radical (unpaired) electrons. The maximum Gasteiger partial charge on any atom is 0.343 e. The standard InChI is InChI=1S/C13H24N4OS/c1-3-5-9-6-7-10(14)11(8-9)19-13-16-15-12(18)17(13)4-2/h9-11H,3-8,14H2,1-2H3,(H,15,18). The number of thioether (sulfide) groups is 1. The van der Waals surface area contributed by atoms with Gasteiger partial charge in [-0.05, 0) is 32.1 Å². The van der Waals surface area contributed by atoms with Crippen molar-refractivity contribution in [1.29, 1.82) is 0 Å². The van der Waals surface area contributed by atoms with Crippen LogP contribution in [0.15, 0.2) is 9.95 Å². The molecule has 5 nitrogen and oxygen atoms in total. The Morgan fingerprint density at radius 1 is 1.47 bits per heavy atom. The smallest absolute Gasteiger partial charge is 0.327 e. The van der Waals surface area contributed by atoms with Crippen LogP contribution >= 0.6 is 11.8 Å². The highest BCUT2D eigenvalue weighted by Gasteiger charge is 2.29. The molecule has 0 saturated heterocycles. The van der Waals surface area contributed by atoms with E-state index in [-0.39, 0.29) is 11.7 Å². The molecule has 1 heterocycles. The maximum atomic E-state index is 11.6. The van der Waals surface area contributed by atoms with Gasteiger partial charge in [0.15, 0.2) is 5.16 Å². The first-order valence-electron chi connectivity index (χ1n) is 7.23. The molecule has 0 amide bonds. The molecule has 1 aromatic rings. The third-order valence-corrected chi connectivity index (χ3v) is 5.31. The second-order valence-corrected chi connectivity index (χ2v) is 6.55. The number of aromatic amines is 1. The van der Waals surface area contributed by atoms with Crippen molar-refractivity contribution in [2.24, 2.45) is 11.7 Å². The SMILES string of the molecule is CCCC1CCC(N)C(Sc2n[nH]c(=O)n2CC)C1. The predicted octanol–water partition coefficient (Wildman–Crippen LogP) is 1.98. The molecular formula is C13H24N4OS. The highest BCUT2D eigenvalue weighted by Crippen LogP contribution is 2.36. The summed E-state index contributed by atoms with van der Waals surface area (Å²) in [6.45, 7) is 4.85. The van der Waals surface area contributed by atoms with Crippen molar-refractivity contribution in [2.75, 3.05) is 0 Å². The van der Waals surface area contributed by atoms with Gasteiger partial charge in [0, 0.05) is 17.8 Å². The van der Waals surface area contributed by atoms with E-state index in [1.165, 1.54) is 19.3 Å². The van der Waals surface area contributed by atoms with Gasteiger partial charge in [0.1, 0.15) is 0 Å². The number of nitrogens with zero attached hydrogens (tertiary/aromatic N) is 2. The molecule has 3 N–H and O–H groups in total. The van der Waals surface area contributed by atoms with Crippen LogP contribution in [-0.2, 0) is 6.54 Å². The van der Waals surface area contributed by atoms with Crippen LogP contribution in [0.2, 0.25) is 0 Å². The van der Waals surface area contributed by atoms with E-state index < -0.39 is 0 Å². The largest absolute Gasteiger partial charge is 0.343 e. The molecule has 6 heteroatoms. The van der Waals surface area contributed by atoms with Gasteiger partial charge in [0.25, 0.3) is 0 Å². The molecule has 2 rings (SSSR count). The van der Waals surface area contributed by atoms with Crippen LogP contribution in [0.4, 0.5) is 0 Å². The number of H-pyrrole nitrogens is 1. The van der Waals surface area contributed by atoms with Crippen molar-refractivity contribution < 1.29 is 0 Å². The van der Waals surface area contributed by atoms with Crippen molar-refractivity contribution in [3.8, 4) is 0 Å². The fourth-order valence-corrected chi connectivity index (χ4v) is 4.24. The second-order valence-electron chi connectivity index (χ2n) is 5.34. The minimum absolute atomic E-state index is 0.125. The van der Waals surface area contributed by atoms with Crippen molar-refractivity contribution in [3.63, 3.8) is 0 Å². The molecule has 19 heavy (non-hydrogen) atoms. The summed E-state index contributed by atoms with van der Waals surface area (Å²) in [6.07, 6.45) is 5.99. The lowest BCUT2D eigenvalue weighted by atomic mass is 9.83. The molecule has 0 aromatic carbocycles. The van der Waals surface area contributed by atoms with Crippen molar-refractivity contribution in [2.45, 2.75) is 68.9 Å². The normalized spacial score (nSPS) is 27.6. The number of hydrogen-bond acceptors (Lipinski definition) is 4. The average molecular weight is 284 g/mol. The fourth-order valence-electron chi connectivity index (χ4n) is 2.85. The van der Waals surface area contributed by atoms with Gasteiger partial charge in [0.05, 0.1) is 0 Å². The topological polar surface area (TPSA) is 76.7 Å². The third kappa shape index (κ3) is 3.42. The Labute approximate surface area is 118 Å². The Balaban J connectivity index is 2.05. The van der Waals surface area contributed by atoms with E-state index >= 15 is 0 Å². The van der Waals surface area contributed by atoms with Crippen LogP contribution < -0.4 is 11.4 Å². The Morgan fingerprint density at radius 2 is 2.26 bits per heavy atom. The molecule has 0 bridgehead atoms. The lowest BCUT2D eigenvalue weighted by molar-refractivity contribution is 0.316. The molecule has 1 aromatic heterocycles. The Bertz CT molecular complexity index is 456. The van der Waals surface area contributed by atoms with Gasteiger partial charge >= 0.3 is 5.69 Å². The number of hydrogen-bond donors (Lipinski definition) is 2. The summed E-state index contributed by atoms with van der Waals surface area (Å²) in [5.41, 5.74) is 6.11. The van der Waals surface area contributed by atoms with E-state index in [4.69, 9.17) is 5.73 Å². The predicted molar refractivity (Wildman–Crippen MR) is 78.4 cm³/mol. The van der Waals surface area contributed by atoms with E-state index in [0.29, 0.717) is 11.8 Å². The monoisotopic (exact) mass is 284 g/mol. The Morgan fingerprint density at radius 3 is 2.95 bits per heavy atom. The first kappa shape index (κ1) is 14.7.